The molecule has 0 bridgehead atoms. The summed E-state index contributed by atoms with van der Waals surface area (Å²) in [5.74, 6) is -0.334. The molecule has 0 saturated carbocycles. The van der Waals surface area contributed by atoms with Crippen LogP contribution in [-0.2, 0) is 4.79 Å². The van der Waals surface area contributed by atoms with Gasteiger partial charge in [0.1, 0.15) is 11.5 Å². The van der Waals surface area contributed by atoms with E-state index >= 15 is 0 Å². The minimum Gasteiger partial charge on any atom is -0.338 e. The number of fused-ring (bicyclic) bond motifs is 1. The lowest BCUT2D eigenvalue weighted by Crippen LogP contribution is -2.68. The molecule has 2 aromatic rings. The van der Waals surface area contributed by atoms with Crippen LogP contribution < -0.4 is 0 Å². The first-order valence-corrected chi connectivity index (χ1v) is 9.81. The average molecular weight is 384 g/mol. The minimum atomic E-state index is -0.375. The Morgan fingerprint density at radius 2 is 1.96 bits per heavy atom. The van der Waals surface area contributed by atoms with E-state index in [1.807, 2.05) is 9.80 Å². The van der Waals surface area contributed by atoms with Gasteiger partial charge in [-0.3, -0.25) is 14.7 Å². The van der Waals surface area contributed by atoms with E-state index in [4.69, 9.17) is 0 Å². The van der Waals surface area contributed by atoms with Crippen LogP contribution in [0.25, 0.3) is 11.3 Å². The SMILES string of the molecule is CC(=O)N1CCC[C@@]2(C)[C@@H]1CCCN2C(=O)c1cc(-c2ccc(F)cc2)n[nH]1. The third kappa shape index (κ3) is 3.08. The third-order valence-corrected chi connectivity index (χ3v) is 6.25. The summed E-state index contributed by atoms with van der Waals surface area (Å²) in [4.78, 5) is 29.3. The Morgan fingerprint density at radius 3 is 2.68 bits per heavy atom. The topological polar surface area (TPSA) is 69.3 Å². The minimum absolute atomic E-state index is 0.0518. The fourth-order valence-corrected chi connectivity index (χ4v) is 4.80. The average Bonchev–Trinajstić information content (AvgIpc) is 3.16. The number of amides is 2. The second-order valence-electron chi connectivity index (χ2n) is 7.96. The van der Waals surface area contributed by atoms with Crippen molar-refractivity contribution in [2.24, 2.45) is 0 Å². The van der Waals surface area contributed by atoms with Gasteiger partial charge in [-0.15, -0.1) is 0 Å². The molecule has 2 amide bonds. The molecular weight excluding hydrogens is 359 g/mol. The van der Waals surface area contributed by atoms with Gasteiger partial charge in [-0.1, -0.05) is 0 Å². The van der Waals surface area contributed by atoms with Crippen molar-refractivity contribution in [3.05, 3.63) is 41.8 Å². The molecule has 2 saturated heterocycles. The number of nitrogens with zero attached hydrogens (tertiary/aromatic N) is 3. The van der Waals surface area contributed by atoms with Crippen LogP contribution in [0.2, 0.25) is 0 Å². The number of carbonyl (C=O) groups excluding carboxylic acids is 2. The Kier molecular flexibility index (Phi) is 4.69. The van der Waals surface area contributed by atoms with E-state index in [0.717, 1.165) is 37.8 Å². The fraction of sp³-hybridized carbons (Fsp3) is 0.476. The van der Waals surface area contributed by atoms with Crippen LogP contribution in [0.15, 0.2) is 30.3 Å². The highest BCUT2D eigenvalue weighted by molar-refractivity contribution is 5.94. The van der Waals surface area contributed by atoms with Crippen LogP contribution in [0.3, 0.4) is 0 Å². The van der Waals surface area contributed by atoms with Gasteiger partial charge in [-0.2, -0.15) is 5.10 Å². The van der Waals surface area contributed by atoms with Crippen LogP contribution in [0.5, 0.6) is 0 Å². The maximum atomic E-state index is 13.3. The van der Waals surface area contributed by atoms with Crippen LogP contribution in [-0.4, -0.2) is 56.5 Å². The summed E-state index contributed by atoms with van der Waals surface area (Å²) in [6.07, 6.45) is 3.56. The summed E-state index contributed by atoms with van der Waals surface area (Å²) >= 11 is 0. The van der Waals surface area contributed by atoms with Gasteiger partial charge in [0.15, 0.2) is 0 Å². The Labute approximate surface area is 163 Å². The van der Waals surface area contributed by atoms with Gasteiger partial charge >= 0.3 is 0 Å². The van der Waals surface area contributed by atoms with E-state index in [9.17, 15) is 14.0 Å². The highest BCUT2D eigenvalue weighted by atomic mass is 19.1. The first kappa shape index (κ1) is 18.7. The lowest BCUT2D eigenvalue weighted by atomic mass is 9.76. The molecular formula is C21H25FN4O2. The number of halogens is 1. The monoisotopic (exact) mass is 384 g/mol. The number of H-pyrrole nitrogens is 1. The first-order chi connectivity index (χ1) is 13.4. The van der Waals surface area contributed by atoms with Crippen molar-refractivity contribution < 1.29 is 14.0 Å². The van der Waals surface area contributed by atoms with Gasteiger partial charge in [-0.25, -0.2) is 4.39 Å². The largest absolute Gasteiger partial charge is 0.338 e. The summed E-state index contributed by atoms with van der Waals surface area (Å²) < 4.78 is 13.2. The van der Waals surface area contributed by atoms with Gasteiger partial charge in [0, 0.05) is 25.6 Å². The molecule has 7 heteroatoms. The fourth-order valence-electron chi connectivity index (χ4n) is 4.80. The van der Waals surface area contributed by atoms with Gasteiger partial charge in [0.05, 0.1) is 17.3 Å². The summed E-state index contributed by atoms with van der Waals surface area (Å²) in [5.41, 5.74) is 1.40. The number of aromatic amines is 1. The third-order valence-electron chi connectivity index (χ3n) is 6.25. The zero-order valence-electron chi connectivity index (χ0n) is 16.2. The number of rotatable bonds is 2. The smallest absolute Gasteiger partial charge is 0.272 e. The van der Waals surface area contributed by atoms with Crippen LogP contribution in [0.4, 0.5) is 4.39 Å². The van der Waals surface area contributed by atoms with Crippen LogP contribution >= 0.6 is 0 Å². The number of likely N-dealkylation sites (tertiary alicyclic amines) is 2. The predicted molar refractivity (Wildman–Crippen MR) is 103 cm³/mol. The molecule has 0 aliphatic carbocycles. The lowest BCUT2D eigenvalue weighted by Gasteiger charge is -2.56. The second-order valence-corrected chi connectivity index (χ2v) is 7.96. The molecule has 1 N–H and O–H groups in total. The van der Waals surface area contributed by atoms with E-state index in [1.54, 1.807) is 25.1 Å². The second kappa shape index (κ2) is 7.04. The van der Waals surface area contributed by atoms with E-state index in [1.165, 1.54) is 12.1 Å². The van der Waals surface area contributed by atoms with E-state index < -0.39 is 0 Å². The van der Waals surface area contributed by atoms with Crippen molar-refractivity contribution in [2.75, 3.05) is 13.1 Å². The zero-order valence-corrected chi connectivity index (χ0v) is 16.2. The van der Waals surface area contributed by atoms with Crippen LogP contribution in [0.1, 0.15) is 50.0 Å². The zero-order chi connectivity index (χ0) is 19.9. The highest BCUT2D eigenvalue weighted by Gasteiger charge is 2.50. The molecule has 3 heterocycles. The maximum absolute atomic E-state index is 13.3. The molecule has 0 unspecified atom stereocenters. The quantitative estimate of drug-likeness (QED) is 0.864. The lowest BCUT2D eigenvalue weighted by molar-refractivity contribution is -0.140. The number of hydrogen-bond acceptors (Lipinski definition) is 3. The van der Waals surface area contributed by atoms with E-state index in [0.29, 0.717) is 17.9 Å². The Bertz CT molecular complexity index is 894. The van der Waals surface area contributed by atoms with Gasteiger partial charge in [0.25, 0.3) is 5.91 Å². The number of benzene rings is 1. The molecule has 2 fully saturated rings. The number of piperidine rings is 2. The molecule has 0 spiro atoms. The molecule has 0 radical (unpaired) electrons. The Balaban J connectivity index is 1.61. The molecule has 1 aromatic carbocycles. The van der Waals surface area contributed by atoms with Gasteiger partial charge in [0.2, 0.25) is 5.91 Å². The first-order valence-electron chi connectivity index (χ1n) is 9.81. The maximum Gasteiger partial charge on any atom is 0.272 e. The molecule has 4 rings (SSSR count). The van der Waals surface area contributed by atoms with Crippen molar-refractivity contribution in [3.8, 4) is 11.3 Å². The van der Waals surface area contributed by atoms with E-state index in [2.05, 4.69) is 17.1 Å². The van der Waals surface area contributed by atoms with Crippen molar-refractivity contribution in [1.29, 1.82) is 0 Å². The van der Waals surface area contributed by atoms with Crippen molar-refractivity contribution in [3.63, 3.8) is 0 Å². The number of nitrogens with one attached hydrogen (secondary N) is 1. The number of hydrogen-bond donors (Lipinski definition) is 1. The summed E-state index contributed by atoms with van der Waals surface area (Å²) in [5, 5.41) is 7.09. The molecule has 2 aliphatic heterocycles. The predicted octanol–water partition coefficient (Wildman–Crippen LogP) is 3.22. The van der Waals surface area contributed by atoms with Crippen molar-refractivity contribution in [1.82, 2.24) is 20.0 Å². The Morgan fingerprint density at radius 1 is 1.21 bits per heavy atom. The summed E-state index contributed by atoms with van der Waals surface area (Å²) in [6, 6.07) is 7.80. The number of aromatic nitrogens is 2. The van der Waals surface area contributed by atoms with Gasteiger partial charge < -0.3 is 9.80 Å². The standard InChI is InChI=1S/C21H25FN4O2/c1-14(27)25-11-4-10-21(2)19(25)5-3-12-26(21)20(28)18-13-17(23-24-18)15-6-8-16(22)9-7-15/h6-9,13,19H,3-5,10-12H2,1-2H3,(H,23,24)/t19-,21-/m0/s1. The molecule has 148 valence electrons. The molecule has 2 atom stereocenters. The summed E-state index contributed by atoms with van der Waals surface area (Å²) in [7, 11) is 0. The highest BCUT2D eigenvalue weighted by Crippen LogP contribution is 2.40. The normalized spacial score (nSPS) is 24.8. The van der Waals surface area contributed by atoms with E-state index in [-0.39, 0.29) is 29.2 Å². The van der Waals surface area contributed by atoms with Crippen LogP contribution in [0, 0.1) is 5.82 Å². The van der Waals surface area contributed by atoms with Gasteiger partial charge in [-0.05, 0) is 62.9 Å². The van der Waals surface area contributed by atoms with Crippen molar-refractivity contribution >= 4 is 11.8 Å². The number of carbonyl (C=O) groups is 2. The summed E-state index contributed by atoms with van der Waals surface area (Å²) in [6.45, 7) is 5.14. The molecule has 2 aliphatic rings. The molecule has 1 aromatic heterocycles. The molecule has 28 heavy (non-hydrogen) atoms. The molecule has 6 nitrogen and oxygen atoms in total. The Hall–Kier alpha value is -2.70. The van der Waals surface area contributed by atoms with Crippen molar-refractivity contribution in [2.45, 2.75) is 51.1 Å².